The number of rotatable bonds is 0. The first-order valence-corrected chi connectivity index (χ1v) is 8.67. The Morgan fingerprint density at radius 1 is 0.640 bits per heavy atom. The molecule has 5 rings (SSSR count). The van der Waals surface area contributed by atoms with Crippen molar-refractivity contribution < 1.29 is 0 Å². The predicted octanol–water partition coefficient (Wildman–Crippen LogP) is 5.29. The highest BCUT2D eigenvalue weighted by Crippen LogP contribution is 2.20. The van der Waals surface area contributed by atoms with Crippen molar-refractivity contribution >= 4 is 62.5 Å². The molecule has 0 fully saturated rings. The van der Waals surface area contributed by atoms with Gasteiger partial charge in [-0.1, -0.05) is 0 Å². The van der Waals surface area contributed by atoms with E-state index in [1.54, 1.807) is 0 Å². The molecule has 0 saturated carbocycles. The van der Waals surface area contributed by atoms with Crippen molar-refractivity contribution in [2.45, 2.75) is 0 Å². The monoisotopic (exact) mass is 388 g/mol. The molecule has 0 aliphatic carbocycles. The van der Waals surface area contributed by atoms with Gasteiger partial charge in [0.05, 0.1) is 50.0 Å². The second-order valence-electron chi connectivity index (χ2n) is 6.00. The molecule has 5 heterocycles. The van der Waals surface area contributed by atoms with Crippen LogP contribution in [0.3, 0.4) is 0 Å². The third-order valence-electron chi connectivity index (χ3n) is 4.17. The van der Waals surface area contributed by atoms with Crippen LogP contribution in [0.4, 0.5) is 0 Å². The van der Waals surface area contributed by atoms with Crippen LogP contribution < -0.4 is 0 Å². The van der Waals surface area contributed by atoms with Crippen LogP contribution in [0.1, 0.15) is 22.8 Å². The van der Waals surface area contributed by atoms with Crippen LogP contribution in [-0.4, -0.2) is 18.5 Å². The Hall–Kier alpha value is -2.92. The van der Waals surface area contributed by atoms with Gasteiger partial charge in [0, 0.05) is 11.0 Å². The molecule has 0 saturated heterocycles. The molecule has 2 aliphatic rings. The van der Waals surface area contributed by atoms with E-state index < -0.39 is 0 Å². The topological polar surface area (TPSA) is 46.5 Å². The Labute approximate surface area is 152 Å². The van der Waals surface area contributed by atoms with Crippen molar-refractivity contribution in [2.75, 3.05) is 0 Å². The number of nitrogens with zero attached hydrogens (tertiary/aromatic N) is 3. The SMILES string of the molecule is Brn1c2ccc1cc1nc(cc3ccc(cc4nc(c2)C=C4)[nH]3)C=C1. The largest absolute Gasteiger partial charge is 0.355 e. The summed E-state index contributed by atoms with van der Waals surface area (Å²) >= 11 is 3.62. The van der Waals surface area contributed by atoms with Crippen LogP contribution in [0.25, 0.3) is 46.4 Å². The average molecular weight is 389 g/mol. The van der Waals surface area contributed by atoms with Crippen LogP contribution in [0.15, 0.2) is 48.5 Å². The van der Waals surface area contributed by atoms with Crippen molar-refractivity contribution in [1.29, 1.82) is 0 Å². The zero-order valence-electron chi connectivity index (χ0n) is 13.1. The number of aromatic nitrogens is 4. The van der Waals surface area contributed by atoms with Crippen LogP contribution >= 0.6 is 16.1 Å². The Balaban J connectivity index is 1.88. The zero-order valence-corrected chi connectivity index (χ0v) is 14.7. The van der Waals surface area contributed by atoms with Crippen molar-refractivity contribution in [2.24, 2.45) is 0 Å². The molecule has 0 aromatic carbocycles. The number of aromatic amines is 1. The molecule has 4 nitrogen and oxygen atoms in total. The van der Waals surface area contributed by atoms with Crippen LogP contribution in [0.2, 0.25) is 0 Å². The van der Waals surface area contributed by atoms with E-state index >= 15 is 0 Å². The summed E-state index contributed by atoms with van der Waals surface area (Å²) in [5, 5.41) is 0. The van der Waals surface area contributed by atoms with Gasteiger partial charge >= 0.3 is 0 Å². The molecular formula is C20H13BrN4. The lowest BCUT2D eigenvalue weighted by Gasteiger charge is -1.92. The molecular weight excluding hydrogens is 376 g/mol. The van der Waals surface area contributed by atoms with Gasteiger partial charge in [-0.15, -0.1) is 0 Å². The van der Waals surface area contributed by atoms with E-state index in [1.165, 1.54) is 0 Å². The Bertz CT molecular complexity index is 1120. The minimum absolute atomic E-state index is 0.927. The summed E-state index contributed by atoms with van der Waals surface area (Å²) in [6, 6.07) is 16.4. The minimum Gasteiger partial charge on any atom is -0.355 e. The second-order valence-corrected chi connectivity index (χ2v) is 6.71. The van der Waals surface area contributed by atoms with Gasteiger partial charge in [0.2, 0.25) is 0 Å². The molecule has 120 valence electrons. The minimum atomic E-state index is 0.927. The first-order chi connectivity index (χ1) is 12.2. The maximum Gasteiger partial charge on any atom is 0.0658 e. The zero-order chi connectivity index (χ0) is 16.8. The molecule has 25 heavy (non-hydrogen) atoms. The fraction of sp³-hybridized carbons (Fsp3) is 0. The molecule has 2 aliphatic heterocycles. The molecule has 0 spiro atoms. The van der Waals surface area contributed by atoms with E-state index in [9.17, 15) is 0 Å². The Morgan fingerprint density at radius 3 is 1.56 bits per heavy atom. The number of H-pyrrole nitrogens is 1. The molecule has 0 unspecified atom stereocenters. The number of fused-ring (bicyclic) bond motifs is 8. The molecule has 0 radical (unpaired) electrons. The van der Waals surface area contributed by atoms with Gasteiger partial charge in [-0.05, 0) is 72.8 Å². The van der Waals surface area contributed by atoms with Gasteiger partial charge in [0.1, 0.15) is 0 Å². The normalized spacial score (nSPS) is 12.7. The maximum absolute atomic E-state index is 4.66. The van der Waals surface area contributed by atoms with Gasteiger partial charge in [-0.25, -0.2) is 9.97 Å². The molecule has 8 bridgehead atoms. The highest BCUT2D eigenvalue weighted by Gasteiger charge is 2.03. The van der Waals surface area contributed by atoms with Crippen molar-refractivity contribution in [1.82, 2.24) is 18.5 Å². The van der Waals surface area contributed by atoms with Gasteiger partial charge in [-0.3, -0.25) is 3.59 Å². The number of hydrogen-bond acceptors (Lipinski definition) is 2. The molecule has 1 N–H and O–H groups in total. The summed E-state index contributed by atoms with van der Waals surface area (Å²) < 4.78 is 1.96. The second kappa shape index (κ2) is 5.57. The third kappa shape index (κ3) is 2.72. The maximum atomic E-state index is 4.66. The van der Waals surface area contributed by atoms with Gasteiger partial charge in [-0.2, -0.15) is 0 Å². The van der Waals surface area contributed by atoms with Gasteiger partial charge in [0.25, 0.3) is 0 Å². The Morgan fingerprint density at radius 2 is 1.08 bits per heavy atom. The van der Waals surface area contributed by atoms with Gasteiger partial charge in [0.15, 0.2) is 0 Å². The molecule has 0 amide bonds. The molecule has 5 heteroatoms. The summed E-state index contributed by atoms with van der Waals surface area (Å²) in [5.41, 5.74) is 7.82. The van der Waals surface area contributed by atoms with Crippen LogP contribution in [-0.2, 0) is 0 Å². The van der Waals surface area contributed by atoms with E-state index in [0.29, 0.717) is 0 Å². The smallest absolute Gasteiger partial charge is 0.0658 e. The van der Waals surface area contributed by atoms with E-state index in [0.717, 1.165) is 44.8 Å². The number of nitrogens with one attached hydrogen (secondary N) is 1. The summed E-state index contributed by atoms with van der Waals surface area (Å²) in [6.45, 7) is 0. The van der Waals surface area contributed by atoms with E-state index in [1.807, 2.05) is 64.3 Å². The lowest BCUT2D eigenvalue weighted by molar-refractivity contribution is 1.31. The molecule has 3 aromatic rings. The van der Waals surface area contributed by atoms with Crippen LogP contribution in [0, 0.1) is 0 Å². The fourth-order valence-corrected chi connectivity index (χ4v) is 3.43. The number of halogens is 1. The third-order valence-corrected chi connectivity index (χ3v) is 4.99. The number of hydrogen-bond donors (Lipinski definition) is 1. The fourth-order valence-electron chi connectivity index (χ4n) is 2.99. The Kier molecular flexibility index (Phi) is 3.21. The van der Waals surface area contributed by atoms with Crippen LogP contribution in [0.5, 0.6) is 0 Å². The van der Waals surface area contributed by atoms with Gasteiger partial charge < -0.3 is 4.98 Å². The quantitative estimate of drug-likeness (QED) is 0.391. The summed E-state index contributed by atoms with van der Waals surface area (Å²) in [4.78, 5) is 12.7. The standard InChI is InChI=1S/C20H13BrN4/c21-25-19-7-8-20(25)12-18-6-4-16(24-18)10-14-2-1-13(22-14)9-15-3-5-17(11-19)23-15/h1-12,22H. The van der Waals surface area contributed by atoms with Crippen molar-refractivity contribution in [3.8, 4) is 0 Å². The summed E-state index contributed by atoms with van der Waals surface area (Å²) in [5.74, 6) is 0. The first-order valence-electron chi connectivity index (χ1n) is 7.96. The average Bonchev–Trinajstić information content (AvgIpc) is 3.36. The van der Waals surface area contributed by atoms with Crippen molar-refractivity contribution in [3.63, 3.8) is 0 Å². The predicted molar refractivity (Wildman–Crippen MR) is 107 cm³/mol. The first kappa shape index (κ1) is 14.4. The van der Waals surface area contributed by atoms with E-state index in [-0.39, 0.29) is 0 Å². The molecule has 3 aromatic heterocycles. The summed E-state index contributed by atoms with van der Waals surface area (Å²) in [6.07, 6.45) is 8.09. The highest BCUT2D eigenvalue weighted by atomic mass is 79.9. The molecule has 0 atom stereocenters. The lowest BCUT2D eigenvalue weighted by atomic mass is 10.3. The van der Waals surface area contributed by atoms with Crippen molar-refractivity contribution in [3.05, 3.63) is 71.3 Å². The highest BCUT2D eigenvalue weighted by molar-refractivity contribution is 9.08. The lowest BCUT2D eigenvalue weighted by Crippen LogP contribution is -1.79. The van der Waals surface area contributed by atoms with E-state index in [4.69, 9.17) is 0 Å². The summed E-state index contributed by atoms with van der Waals surface area (Å²) in [7, 11) is 0. The van der Waals surface area contributed by atoms with E-state index in [2.05, 4.69) is 43.2 Å².